The predicted octanol–water partition coefficient (Wildman–Crippen LogP) is 10.4. The molecule has 0 aromatic carbocycles. The molecule has 7 heteroatoms. The molecule has 0 aromatic heterocycles. The first-order chi connectivity index (χ1) is 24.9. The first-order valence-electron chi connectivity index (χ1n) is 22.5. The van der Waals surface area contributed by atoms with E-state index in [0.29, 0.717) is 31.4 Å². The summed E-state index contributed by atoms with van der Waals surface area (Å²) in [5.74, 6) is 0.857. The lowest BCUT2D eigenvalue weighted by molar-refractivity contribution is -0.144. The van der Waals surface area contributed by atoms with Crippen molar-refractivity contribution in [1.29, 1.82) is 0 Å². The van der Waals surface area contributed by atoms with Crippen LogP contribution in [0.15, 0.2) is 0 Å². The van der Waals surface area contributed by atoms with E-state index in [0.717, 1.165) is 90.9 Å². The second kappa shape index (κ2) is 34.6. The zero-order valence-electron chi connectivity index (χ0n) is 35.0. The average Bonchev–Trinajstić information content (AvgIpc) is 3.38. The van der Waals surface area contributed by atoms with Crippen LogP contribution in [0.25, 0.3) is 0 Å². The van der Waals surface area contributed by atoms with Crippen LogP contribution in [0.1, 0.15) is 188 Å². The Balaban J connectivity index is 2.53. The van der Waals surface area contributed by atoms with Gasteiger partial charge in [-0.05, 0) is 90.6 Å². The molecule has 51 heavy (non-hydrogen) atoms. The highest BCUT2D eigenvalue weighted by atomic mass is 16.5. The van der Waals surface area contributed by atoms with E-state index < -0.39 is 0 Å². The molecular formula is C44H88N4O3. The number of nitrogens with zero attached hydrogens (tertiary/aromatic N) is 4. The first kappa shape index (κ1) is 47.8. The molecule has 0 radical (unpaired) electrons. The van der Waals surface area contributed by atoms with Gasteiger partial charge in [0, 0.05) is 32.6 Å². The smallest absolute Gasteiger partial charge is 0.305 e. The summed E-state index contributed by atoms with van der Waals surface area (Å²) in [6, 6.07) is 0. The molecule has 1 saturated heterocycles. The van der Waals surface area contributed by atoms with Crippen molar-refractivity contribution < 1.29 is 14.3 Å². The van der Waals surface area contributed by atoms with E-state index in [9.17, 15) is 9.59 Å². The van der Waals surface area contributed by atoms with Crippen molar-refractivity contribution in [2.75, 3.05) is 79.1 Å². The van der Waals surface area contributed by atoms with E-state index >= 15 is 0 Å². The third kappa shape index (κ3) is 28.0. The molecule has 302 valence electrons. The van der Waals surface area contributed by atoms with Crippen molar-refractivity contribution >= 4 is 11.9 Å². The molecule has 0 aromatic rings. The SMILES string of the molecule is CCCCCCCCCCCN(C)CCN(CCCCCCCCC)CC(=O)N1CCCCC(CCN(CC)CCCC(=O)OCCCCC)C1. The quantitative estimate of drug-likeness (QED) is 0.0480. The number of carbonyl (C=O) groups excluding carboxylic acids is 2. The van der Waals surface area contributed by atoms with Gasteiger partial charge < -0.3 is 19.4 Å². The number of likely N-dealkylation sites (N-methyl/N-ethyl adjacent to an activating group) is 1. The minimum absolute atomic E-state index is 0.0495. The maximum atomic E-state index is 13.8. The molecule has 0 aliphatic carbocycles. The van der Waals surface area contributed by atoms with E-state index in [2.05, 4.69) is 54.3 Å². The van der Waals surface area contributed by atoms with Gasteiger partial charge in [0.1, 0.15) is 0 Å². The fraction of sp³-hybridized carbons (Fsp3) is 0.955. The van der Waals surface area contributed by atoms with E-state index in [1.165, 1.54) is 122 Å². The second-order valence-electron chi connectivity index (χ2n) is 16.0. The predicted molar refractivity (Wildman–Crippen MR) is 220 cm³/mol. The number of likely N-dealkylation sites (tertiary alicyclic amines) is 1. The van der Waals surface area contributed by atoms with Gasteiger partial charge in [-0.25, -0.2) is 0 Å². The summed E-state index contributed by atoms with van der Waals surface area (Å²) in [6.45, 7) is 19.2. The van der Waals surface area contributed by atoms with Gasteiger partial charge in [-0.15, -0.1) is 0 Å². The highest BCUT2D eigenvalue weighted by Crippen LogP contribution is 2.21. The highest BCUT2D eigenvalue weighted by Gasteiger charge is 2.24. The molecule has 1 rings (SSSR count). The third-order valence-corrected chi connectivity index (χ3v) is 11.2. The van der Waals surface area contributed by atoms with Gasteiger partial charge in [0.25, 0.3) is 0 Å². The van der Waals surface area contributed by atoms with E-state index in [-0.39, 0.29) is 5.97 Å². The van der Waals surface area contributed by atoms with Crippen LogP contribution in [0.2, 0.25) is 0 Å². The van der Waals surface area contributed by atoms with Crippen LogP contribution >= 0.6 is 0 Å². The van der Waals surface area contributed by atoms with Crippen LogP contribution in [-0.4, -0.2) is 111 Å². The van der Waals surface area contributed by atoms with Crippen molar-refractivity contribution in [2.24, 2.45) is 5.92 Å². The van der Waals surface area contributed by atoms with Crippen LogP contribution in [-0.2, 0) is 14.3 Å². The van der Waals surface area contributed by atoms with Gasteiger partial charge in [-0.1, -0.05) is 137 Å². The standard InChI is InChI=1S/C44H88N4O3/c1-6-10-13-15-17-18-20-21-24-32-45(5)37-38-47(33-25-22-19-16-14-11-7-2)41-43(49)48-35-26-23-29-42(40-48)31-36-46(9-4)34-28-30-44(50)51-39-27-12-8-3/h42H,6-41H2,1-5H3. The number of rotatable bonds is 35. The molecular weight excluding hydrogens is 633 g/mol. The first-order valence-corrected chi connectivity index (χ1v) is 22.5. The maximum absolute atomic E-state index is 13.8. The molecule has 0 N–H and O–H groups in total. The Bertz CT molecular complexity index is 796. The second-order valence-corrected chi connectivity index (χ2v) is 16.0. The van der Waals surface area contributed by atoms with E-state index in [4.69, 9.17) is 4.74 Å². The Morgan fingerprint density at radius 1 is 0.608 bits per heavy atom. The van der Waals surface area contributed by atoms with Crippen LogP contribution in [0.5, 0.6) is 0 Å². The number of amides is 1. The fourth-order valence-corrected chi connectivity index (χ4v) is 7.51. The van der Waals surface area contributed by atoms with Crippen LogP contribution in [0.4, 0.5) is 0 Å². The number of unbranched alkanes of at least 4 members (excludes halogenated alkanes) is 16. The summed E-state index contributed by atoms with van der Waals surface area (Å²) >= 11 is 0. The molecule has 1 amide bonds. The lowest BCUT2D eigenvalue weighted by atomic mass is 9.99. The summed E-state index contributed by atoms with van der Waals surface area (Å²) < 4.78 is 5.40. The summed E-state index contributed by atoms with van der Waals surface area (Å²) in [6.07, 6.45) is 30.8. The summed E-state index contributed by atoms with van der Waals surface area (Å²) in [7, 11) is 2.28. The largest absolute Gasteiger partial charge is 0.466 e. The Hall–Kier alpha value is -1.18. The van der Waals surface area contributed by atoms with Crippen LogP contribution in [0, 0.1) is 5.92 Å². The minimum atomic E-state index is -0.0495. The number of esters is 1. The Kier molecular flexibility index (Phi) is 32.4. The molecule has 1 atom stereocenters. The van der Waals surface area contributed by atoms with Gasteiger partial charge in [-0.3, -0.25) is 14.5 Å². The lowest BCUT2D eigenvalue weighted by Gasteiger charge is -2.30. The number of hydrogen-bond donors (Lipinski definition) is 0. The molecule has 1 unspecified atom stereocenters. The Morgan fingerprint density at radius 2 is 1.18 bits per heavy atom. The molecule has 1 aliphatic heterocycles. The fourth-order valence-electron chi connectivity index (χ4n) is 7.51. The molecule has 0 saturated carbocycles. The molecule has 0 spiro atoms. The monoisotopic (exact) mass is 721 g/mol. The summed E-state index contributed by atoms with van der Waals surface area (Å²) in [5, 5.41) is 0. The van der Waals surface area contributed by atoms with Crippen molar-refractivity contribution in [1.82, 2.24) is 19.6 Å². The number of hydrogen-bond acceptors (Lipinski definition) is 6. The molecule has 0 bridgehead atoms. The molecule has 1 heterocycles. The van der Waals surface area contributed by atoms with Gasteiger partial charge in [0.2, 0.25) is 5.91 Å². The number of ether oxygens (including phenoxy) is 1. The van der Waals surface area contributed by atoms with Gasteiger partial charge in [-0.2, -0.15) is 0 Å². The molecule has 1 fully saturated rings. The van der Waals surface area contributed by atoms with Crippen molar-refractivity contribution in [3.63, 3.8) is 0 Å². The molecule has 7 nitrogen and oxygen atoms in total. The third-order valence-electron chi connectivity index (χ3n) is 11.2. The van der Waals surface area contributed by atoms with Crippen LogP contribution in [0.3, 0.4) is 0 Å². The lowest BCUT2D eigenvalue weighted by Crippen LogP contribution is -2.44. The Labute approximate surface area is 318 Å². The average molecular weight is 721 g/mol. The Morgan fingerprint density at radius 3 is 1.80 bits per heavy atom. The van der Waals surface area contributed by atoms with E-state index in [1.807, 2.05) is 0 Å². The van der Waals surface area contributed by atoms with E-state index in [1.54, 1.807) is 0 Å². The molecule has 1 aliphatic rings. The summed E-state index contributed by atoms with van der Waals surface area (Å²) in [5.41, 5.74) is 0. The maximum Gasteiger partial charge on any atom is 0.305 e. The normalized spacial score (nSPS) is 15.3. The van der Waals surface area contributed by atoms with Crippen molar-refractivity contribution in [3.8, 4) is 0 Å². The zero-order chi connectivity index (χ0) is 37.2. The van der Waals surface area contributed by atoms with Crippen LogP contribution < -0.4 is 0 Å². The van der Waals surface area contributed by atoms with Gasteiger partial charge in [0.15, 0.2) is 0 Å². The van der Waals surface area contributed by atoms with Crippen molar-refractivity contribution in [3.05, 3.63) is 0 Å². The topological polar surface area (TPSA) is 56.3 Å². The highest BCUT2D eigenvalue weighted by molar-refractivity contribution is 5.78. The number of carbonyl (C=O) groups is 2. The van der Waals surface area contributed by atoms with Gasteiger partial charge >= 0.3 is 5.97 Å². The minimum Gasteiger partial charge on any atom is -0.466 e. The zero-order valence-corrected chi connectivity index (χ0v) is 35.0. The van der Waals surface area contributed by atoms with Gasteiger partial charge in [0.05, 0.1) is 13.2 Å². The van der Waals surface area contributed by atoms with Crippen molar-refractivity contribution in [2.45, 2.75) is 188 Å². The summed E-state index contributed by atoms with van der Waals surface area (Å²) in [4.78, 5) is 35.6.